The van der Waals surface area contributed by atoms with E-state index in [0.29, 0.717) is 6.42 Å². The highest BCUT2D eigenvalue weighted by molar-refractivity contribution is 7.86. The van der Waals surface area contributed by atoms with Crippen LogP contribution in [0.2, 0.25) is 0 Å². The zero-order valence-corrected chi connectivity index (χ0v) is 17.9. The Morgan fingerprint density at radius 1 is 1.00 bits per heavy atom. The quantitative estimate of drug-likeness (QED) is 0.535. The lowest BCUT2D eigenvalue weighted by atomic mass is 9.87. The van der Waals surface area contributed by atoms with Crippen LogP contribution in [0.25, 0.3) is 0 Å². The first-order valence-electron chi connectivity index (χ1n) is 10.4. The molecule has 1 heterocycles. The Hall–Kier alpha value is -2.54. The maximum atomic E-state index is 14.1. The van der Waals surface area contributed by atoms with E-state index in [2.05, 4.69) is 12.1 Å². The molecule has 160 valence electrons. The highest BCUT2D eigenvalue weighted by Crippen LogP contribution is 2.49. The summed E-state index contributed by atoms with van der Waals surface area (Å²) >= 11 is 0. The van der Waals surface area contributed by atoms with E-state index in [0.717, 1.165) is 23.1 Å². The van der Waals surface area contributed by atoms with Gasteiger partial charge in [0.2, 0.25) is 0 Å². The van der Waals surface area contributed by atoms with Gasteiger partial charge < -0.3 is 4.74 Å². The Labute approximate surface area is 181 Å². The molecule has 1 aliphatic carbocycles. The molecule has 0 bridgehead atoms. The maximum absolute atomic E-state index is 14.1. The van der Waals surface area contributed by atoms with Crippen LogP contribution >= 0.6 is 0 Å². The molecule has 2 aliphatic rings. The van der Waals surface area contributed by atoms with Gasteiger partial charge in [0.05, 0.1) is 23.7 Å². The van der Waals surface area contributed by atoms with Crippen molar-refractivity contribution in [2.24, 2.45) is 0 Å². The van der Waals surface area contributed by atoms with Crippen LogP contribution in [0, 0.1) is 12.7 Å². The highest BCUT2D eigenvalue weighted by Gasteiger charge is 2.41. The summed E-state index contributed by atoms with van der Waals surface area (Å²) in [4.78, 5) is 0.128. The molecule has 3 atom stereocenters. The number of fused-ring (bicyclic) bond motifs is 5. The SMILES string of the molecule is Cc1ccc(S(=O)(=O)OC[C@@H]2C[C@@H]3c4ccccc4Cc4ccc(F)cc4[C@@H]3O2)cc1. The molecule has 0 saturated carbocycles. The molecule has 3 aromatic carbocycles. The van der Waals surface area contributed by atoms with E-state index in [4.69, 9.17) is 8.92 Å². The van der Waals surface area contributed by atoms with Gasteiger partial charge in [-0.3, -0.25) is 4.18 Å². The molecule has 0 unspecified atom stereocenters. The lowest BCUT2D eigenvalue weighted by Gasteiger charge is -2.19. The molecular formula is C25H23FO4S. The molecular weight excluding hydrogens is 415 g/mol. The van der Waals surface area contributed by atoms with Gasteiger partial charge in [-0.15, -0.1) is 0 Å². The third-order valence-corrected chi connectivity index (χ3v) is 7.49. The first-order valence-corrected chi connectivity index (χ1v) is 11.8. The average Bonchev–Trinajstić information content (AvgIpc) is 3.13. The highest BCUT2D eigenvalue weighted by atomic mass is 32.2. The number of aryl methyl sites for hydroxylation is 1. The Bertz CT molecular complexity index is 1220. The lowest BCUT2D eigenvalue weighted by Crippen LogP contribution is -2.19. The van der Waals surface area contributed by atoms with Crippen LogP contribution in [0.3, 0.4) is 0 Å². The smallest absolute Gasteiger partial charge is 0.297 e. The van der Waals surface area contributed by atoms with Gasteiger partial charge in [0.15, 0.2) is 0 Å². The van der Waals surface area contributed by atoms with Crippen LogP contribution in [0.15, 0.2) is 71.6 Å². The van der Waals surface area contributed by atoms with Crippen molar-refractivity contribution >= 4 is 10.1 Å². The average molecular weight is 439 g/mol. The molecule has 0 spiro atoms. The maximum Gasteiger partial charge on any atom is 0.297 e. The zero-order chi connectivity index (χ0) is 21.6. The van der Waals surface area contributed by atoms with Crippen molar-refractivity contribution in [3.8, 4) is 0 Å². The molecule has 1 fully saturated rings. The molecule has 5 rings (SSSR count). The number of benzene rings is 3. The summed E-state index contributed by atoms with van der Waals surface area (Å²) in [6.07, 6.45) is 0.606. The number of ether oxygens (including phenoxy) is 1. The Balaban J connectivity index is 1.41. The summed E-state index contributed by atoms with van der Waals surface area (Å²) in [6.45, 7) is 1.82. The van der Waals surface area contributed by atoms with Crippen molar-refractivity contribution in [1.82, 2.24) is 0 Å². The van der Waals surface area contributed by atoms with Gasteiger partial charge in [-0.1, -0.05) is 48.0 Å². The minimum absolute atomic E-state index is 0.0231. The summed E-state index contributed by atoms with van der Waals surface area (Å²) < 4.78 is 50.9. The number of rotatable bonds is 4. The van der Waals surface area contributed by atoms with Gasteiger partial charge in [-0.05, 0) is 66.3 Å². The molecule has 3 aromatic rings. The first kappa shape index (κ1) is 20.4. The third kappa shape index (κ3) is 3.91. The van der Waals surface area contributed by atoms with Gasteiger partial charge >= 0.3 is 0 Å². The summed E-state index contributed by atoms with van der Waals surface area (Å²) in [6, 6.07) is 19.6. The molecule has 1 saturated heterocycles. The number of hydrogen-bond acceptors (Lipinski definition) is 4. The summed E-state index contributed by atoms with van der Waals surface area (Å²) in [5.74, 6) is -0.274. The van der Waals surface area contributed by atoms with Crippen LogP contribution in [0.5, 0.6) is 0 Å². The predicted molar refractivity (Wildman–Crippen MR) is 115 cm³/mol. The Morgan fingerprint density at radius 2 is 1.74 bits per heavy atom. The Morgan fingerprint density at radius 3 is 2.55 bits per heavy atom. The largest absolute Gasteiger partial charge is 0.367 e. The van der Waals surface area contributed by atoms with Gasteiger partial charge in [0, 0.05) is 5.92 Å². The second-order valence-electron chi connectivity index (χ2n) is 8.29. The fourth-order valence-electron chi connectivity index (χ4n) is 4.64. The molecule has 6 heteroatoms. The second kappa shape index (κ2) is 7.86. The van der Waals surface area contributed by atoms with Crippen LogP contribution in [0.4, 0.5) is 4.39 Å². The normalized spacial score (nSPS) is 22.3. The molecule has 4 nitrogen and oxygen atoms in total. The molecule has 0 amide bonds. The first-order chi connectivity index (χ1) is 14.9. The second-order valence-corrected chi connectivity index (χ2v) is 9.91. The van der Waals surface area contributed by atoms with Crippen molar-refractivity contribution in [3.63, 3.8) is 0 Å². The van der Waals surface area contributed by atoms with Gasteiger partial charge in [-0.2, -0.15) is 8.42 Å². The molecule has 0 N–H and O–H groups in total. The van der Waals surface area contributed by atoms with Crippen molar-refractivity contribution < 1.29 is 21.7 Å². The van der Waals surface area contributed by atoms with Gasteiger partial charge in [-0.25, -0.2) is 4.39 Å². The molecule has 0 radical (unpaired) electrons. The molecule has 1 aliphatic heterocycles. The van der Waals surface area contributed by atoms with Gasteiger partial charge in [0.25, 0.3) is 10.1 Å². The van der Waals surface area contributed by atoms with E-state index in [-0.39, 0.29) is 29.3 Å². The van der Waals surface area contributed by atoms with Crippen molar-refractivity contribution in [1.29, 1.82) is 0 Å². The van der Waals surface area contributed by atoms with Crippen LogP contribution in [-0.2, 0) is 25.5 Å². The van der Waals surface area contributed by atoms with Gasteiger partial charge in [0.1, 0.15) is 5.82 Å². The lowest BCUT2D eigenvalue weighted by molar-refractivity contribution is 0.0156. The van der Waals surface area contributed by atoms with E-state index in [1.807, 2.05) is 25.1 Å². The number of halogens is 1. The van der Waals surface area contributed by atoms with Crippen molar-refractivity contribution in [2.75, 3.05) is 6.61 Å². The predicted octanol–water partition coefficient (Wildman–Crippen LogP) is 5.06. The van der Waals surface area contributed by atoms with E-state index in [9.17, 15) is 12.8 Å². The summed E-state index contributed by atoms with van der Waals surface area (Å²) in [7, 11) is -3.87. The minimum atomic E-state index is -3.87. The molecule has 0 aromatic heterocycles. The number of hydrogen-bond donors (Lipinski definition) is 0. The minimum Gasteiger partial charge on any atom is -0.367 e. The standard InChI is InChI=1S/C25H23FO4S/c1-16-6-10-21(11-7-16)31(27,28)29-15-20-14-24-22-5-3-2-4-17(22)12-18-8-9-19(26)13-23(18)25(24)30-20/h2-11,13,20,24-25H,12,14-15H2,1H3/t20-,24+,25-/m0/s1. The zero-order valence-electron chi connectivity index (χ0n) is 17.1. The summed E-state index contributed by atoms with van der Waals surface area (Å²) in [5.41, 5.74) is 5.22. The van der Waals surface area contributed by atoms with Crippen LogP contribution in [-0.4, -0.2) is 21.1 Å². The van der Waals surface area contributed by atoms with Crippen molar-refractivity contribution in [2.45, 2.75) is 42.8 Å². The fourth-order valence-corrected chi connectivity index (χ4v) is 5.58. The fraction of sp³-hybridized carbons (Fsp3) is 0.280. The third-order valence-electron chi connectivity index (χ3n) is 6.19. The monoisotopic (exact) mass is 438 g/mol. The van der Waals surface area contributed by atoms with E-state index >= 15 is 0 Å². The van der Waals surface area contributed by atoms with E-state index in [1.54, 1.807) is 30.3 Å². The van der Waals surface area contributed by atoms with E-state index in [1.165, 1.54) is 17.2 Å². The topological polar surface area (TPSA) is 52.6 Å². The van der Waals surface area contributed by atoms with Crippen molar-refractivity contribution in [3.05, 3.63) is 100 Å². The van der Waals surface area contributed by atoms with Crippen LogP contribution in [0.1, 0.15) is 46.3 Å². The van der Waals surface area contributed by atoms with Crippen LogP contribution < -0.4 is 0 Å². The Kier molecular flexibility index (Phi) is 5.16. The van der Waals surface area contributed by atoms with E-state index < -0.39 is 16.2 Å². The summed E-state index contributed by atoms with van der Waals surface area (Å²) in [5, 5.41) is 0. The molecule has 31 heavy (non-hydrogen) atoms.